The minimum atomic E-state index is -4.61. The molecule has 9 heteroatoms. The fourth-order valence-corrected chi connectivity index (χ4v) is 3.08. The Labute approximate surface area is 152 Å². The third-order valence-corrected chi connectivity index (χ3v) is 4.63. The first kappa shape index (κ1) is 17.6. The first-order valence-corrected chi connectivity index (χ1v) is 8.52. The molecule has 3 aromatic rings. The van der Waals surface area contributed by atoms with Gasteiger partial charge >= 0.3 is 6.18 Å². The second-order valence-corrected chi connectivity index (χ2v) is 6.81. The number of aromatic nitrogens is 2. The Morgan fingerprint density at radius 1 is 1.04 bits per heavy atom. The van der Waals surface area contributed by atoms with E-state index in [-0.39, 0.29) is 5.13 Å². The number of carbonyl (C=O) groups excluding carboxylic acids is 1. The quantitative estimate of drug-likeness (QED) is 0.621. The third-order valence-electron chi connectivity index (χ3n) is 3.21. The van der Waals surface area contributed by atoms with Crippen LogP contribution in [0, 0.1) is 0 Å². The first-order chi connectivity index (χ1) is 11.8. The lowest BCUT2D eigenvalue weighted by Crippen LogP contribution is -2.18. The average molecular weight is 428 g/mol. The molecule has 0 unspecified atom stereocenters. The largest absolute Gasteiger partial charge is 0.417 e. The Morgan fingerprint density at radius 2 is 1.72 bits per heavy atom. The summed E-state index contributed by atoms with van der Waals surface area (Å²) in [6.45, 7) is 0. The van der Waals surface area contributed by atoms with E-state index in [1.807, 2.05) is 24.3 Å². The number of hydrogen-bond donors (Lipinski definition) is 1. The zero-order chi connectivity index (χ0) is 18.0. The summed E-state index contributed by atoms with van der Waals surface area (Å²) in [6.07, 6.45) is -4.61. The summed E-state index contributed by atoms with van der Waals surface area (Å²) in [4.78, 5) is 12.2. The van der Waals surface area contributed by atoms with Crippen LogP contribution in [0.5, 0.6) is 0 Å². The molecule has 0 aliphatic carbocycles. The second-order valence-electron chi connectivity index (χ2n) is 4.92. The minimum absolute atomic E-state index is 0.125. The molecular weight excluding hydrogens is 419 g/mol. The molecule has 3 rings (SSSR count). The van der Waals surface area contributed by atoms with Crippen molar-refractivity contribution in [3.8, 4) is 10.6 Å². The molecule has 4 nitrogen and oxygen atoms in total. The minimum Gasteiger partial charge on any atom is -0.296 e. The molecule has 1 aromatic heterocycles. The molecule has 128 valence electrons. The van der Waals surface area contributed by atoms with Gasteiger partial charge in [-0.3, -0.25) is 10.1 Å². The van der Waals surface area contributed by atoms with Gasteiger partial charge in [-0.05, 0) is 24.3 Å². The van der Waals surface area contributed by atoms with E-state index in [9.17, 15) is 18.0 Å². The second kappa shape index (κ2) is 6.93. The molecule has 0 bridgehead atoms. The van der Waals surface area contributed by atoms with Crippen molar-refractivity contribution in [1.29, 1.82) is 0 Å². The van der Waals surface area contributed by atoms with Gasteiger partial charge in [-0.1, -0.05) is 51.5 Å². The van der Waals surface area contributed by atoms with Gasteiger partial charge in [-0.2, -0.15) is 13.2 Å². The zero-order valence-corrected chi connectivity index (χ0v) is 14.7. The van der Waals surface area contributed by atoms with Crippen molar-refractivity contribution in [2.24, 2.45) is 0 Å². The maximum absolute atomic E-state index is 13.0. The lowest BCUT2D eigenvalue weighted by Gasteiger charge is -2.11. The Kier molecular flexibility index (Phi) is 4.87. The Balaban J connectivity index is 1.82. The van der Waals surface area contributed by atoms with E-state index < -0.39 is 23.2 Å². The molecule has 1 heterocycles. The molecule has 0 aliphatic heterocycles. The summed E-state index contributed by atoms with van der Waals surface area (Å²) in [5.74, 6) is -0.883. The van der Waals surface area contributed by atoms with Crippen molar-refractivity contribution in [1.82, 2.24) is 10.2 Å². The van der Waals surface area contributed by atoms with Gasteiger partial charge in [0, 0.05) is 10.0 Å². The van der Waals surface area contributed by atoms with Crippen LogP contribution in [-0.4, -0.2) is 16.1 Å². The molecule has 0 fully saturated rings. The Hall–Kier alpha value is -2.26. The molecule has 0 radical (unpaired) electrons. The van der Waals surface area contributed by atoms with Crippen LogP contribution in [0.4, 0.5) is 18.3 Å². The van der Waals surface area contributed by atoms with Crippen LogP contribution in [-0.2, 0) is 6.18 Å². The van der Waals surface area contributed by atoms with Gasteiger partial charge in [-0.15, -0.1) is 10.2 Å². The molecule has 1 amide bonds. The van der Waals surface area contributed by atoms with Crippen molar-refractivity contribution in [3.05, 3.63) is 64.1 Å². The number of nitrogens with one attached hydrogen (secondary N) is 1. The summed E-state index contributed by atoms with van der Waals surface area (Å²) in [5, 5.41) is 10.8. The van der Waals surface area contributed by atoms with E-state index in [1.165, 1.54) is 12.1 Å². The smallest absolute Gasteiger partial charge is 0.296 e. The fraction of sp³-hybridized carbons (Fsp3) is 0.0625. The molecule has 25 heavy (non-hydrogen) atoms. The van der Waals surface area contributed by atoms with Crippen molar-refractivity contribution in [2.75, 3.05) is 5.32 Å². The summed E-state index contributed by atoms with van der Waals surface area (Å²) >= 11 is 4.40. The molecule has 2 aromatic carbocycles. The standard InChI is InChI=1S/C16H9BrF3N3OS/c17-10-7-5-9(6-8-10)14-22-23-15(25-14)21-13(24)11-3-1-2-4-12(11)16(18,19)20/h1-8H,(H,21,23,24). The molecule has 0 aliphatic rings. The van der Waals surface area contributed by atoms with Crippen LogP contribution in [0.2, 0.25) is 0 Å². The van der Waals surface area contributed by atoms with Crippen molar-refractivity contribution in [2.45, 2.75) is 6.18 Å². The van der Waals surface area contributed by atoms with Crippen LogP contribution in [0.15, 0.2) is 53.0 Å². The van der Waals surface area contributed by atoms with Crippen LogP contribution in [0.25, 0.3) is 10.6 Å². The monoisotopic (exact) mass is 427 g/mol. The van der Waals surface area contributed by atoms with Gasteiger partial charge in [0.25, 0.3) is 5.91 Å². The van der Waals surface area contributed by atoms with E-state index in [1.54, 1.807) is 0 Å². The molecule has 1 N–H and O–H groups in total. The Bertz CT molecular complexity index is 909. The molecular formula is C16H9BrF3N3OS. The molecule has 0 atom stereocenters. The van der Waals surface area contributed by atoms with Gasteiger partial charge in [0.1, 0.15) is 5.01 Å². The summed E-state index contributed by atoms with van der Waals surface area (Å²) in [5.41, 5.74) is -0.669. The highest BCUT2D eigenvalue weighted by Crippen LogP contribution is 2.33. The third kappa shape index (κ3) is 4.05. The van der Waals surface area contributed by atoms with Crippen molar-refractivity contribution >= 4 is 38.3 Å². The number of rotatable bonds is 3. The average Bonchev–Trinajstić information content (AvgIpc) is 3.03. The van der Waals surface area contributed by atoms with E-state index >= 15 is 0 Å². The lowest BCUT2D eigenvalue weighted by atomic mass is 10.1. The number of benzene rings is 2. The molecule has 0 spiro atoms. The topological polar surface area (TPSA) is 54.9 Å². The molecule has 0 saturated heterocycles. The van der Waals surface area contributed by atoms with Crippen LogP contribution in [0.1, 0.15) is 15.9 Å². The predicted octanol–water partition coefficient (Wildman–Crippen LogP) is 5.24. The van der Waals surface area contributed by atoms with Gasteiger partial charge < -0.3 is 0 Å². The SMILES string of the molecule is O=C(Nc1nnc(-c2ccc(Br)cc2)s1)c1ccccc1C(F)(F)F. The lowest BCUT2D eigenvalue weighted by molar-refractivity contribution is -0.137. The maximum atomic E-state index is 13.0. The van der Waals surface area contributed by atoms with E-state index in [0.29, 0.717) is 5.01 Å². The number of nitrogens with zero attached hydrogens (tertiary/aromatic N) is 2. The zero-order valence-electron chi connectivity index (χ0n) is 12.3. The highest BCUT2D eigenvalue weighted by atomic mass is 79.9. The first-order valence-electron chi connectivity index (χ1n) is 6.91. The number of hydrogen-bond acceptors (Lipinski definition) is 4. The number of halogens is 4. The predicted molar refractivity (Wildman–Crippen MR) is 92.4 cm³/mol. The summed E-state index contributed by atoms with van der Waals surface area (Å²) in [7, 11) is 0. The van der Waals surface area contributed by atoms with Gasteiger partial charge in [-0.25, -0.2) is 0 Å². The van der Waals surface area contributed by atoms with E-state index in [2.05, 4.69) is 31.4 Å². The number of carbonyl (C=O) groups is 1. The normalized spacial score (nSPS) is 11.4. The van der Waals surface area contributed by atoms with Crippen LogP contribution in [0.3, 0.4) is 0 Å². The van der Waals surface area contributed by atoms with Gasteiger partial charge in [0.15, 0.2) is 0 Å². The van der Waals surface area contributed by atoms with Crippen molar-refractivity contribution in [3.63, 3.8) is 0 Å². The highest BCUT2D eigenvalue weighted by molar-refractivity contribution is 9.10. The number of alkyl halides is 3. The van der Waals surface area contributed by atoms with Crippen LogP contribution >= 0.6 is 27.3 Å². The summed E-state index contributed by atoms with van der Waals surface area (Å²) < 4.78 is 39.9. The van der Waals surface area contributed by atoms with Crippen LogP contribution < -0.4 is 5.32 Å². The maximum Gasteiger partial charge on any atom is 0.417 e. The van der Waals surface area contributed by atoms with Gasteiger partial charge in [0.2, 0.25) is 5.13 Å². The number of amides is 1. The van der Waals surface area contributed by atoms with E-state index in [0.717, 1.165) is 33.5 Å². The fourth-order valence-electron chi connectivity index (χ4n) is 2.08. The summed E-state index contributed by atoms with van der Waals surface area (Å²) in [6, 6.07) is 11.9. The van der Waals surface area contributed by atoms with E-state index in [4.69, 9.17) is 0 Å². The number of anilines is 1. The van der Waals surface area contributed by atoms with Crippen molar-refractivity contribution < 1.29 is 18.0 Å². The molecule has 0 saturated carbocycles. The van der Waals surface area contributed by atoms with Gasteiger partial charge in [0.05, 0.1) is 11.1 Å². The highest BCUT2D eigenvalue weighted by Gasteiger charge is 2.35. The Morgan fingerprint density at radius 3 is 2.40 bits per heavy atom.